The van der Waals surface area contributed by atoms with Gasteiger partial charge in [0.15, 0.2) is 0 Å². The first-order chi connectivity index (χ1) is 10.2. The third kappa shape index (κ3) is 4.87. The standard InChI is InChI=1S/C17H23N3O.2ClH/c18-15-7-6-14(12-15)17(21)19-9-3-10-20-11-8-13-4-1-2-5-16(13)20;;/h1-2,4-5,8,11,14-15H,3,6-7,9-10,12,18H2,(H,19,21);2*1H. The summed E-state index contributed by atoms with van der Waals surface area (Å²) < 4.78 is 2.24. The number of hydrogen-bond acceptors (Lipinski definition) is 2. The molecule has 2 unspecified atom stereocenters. The van der Waals surface area contributed by atoms with Crippen LogP contribution in [0, 0.1) is 5.92 Å². The summed E-state index contributed by atoms with van der Waals surface area (Å²) in [4.78, 5) is 12.0. The Labute approximate surface area is 149 Å². The second kappa shape index (κ2) is 9.16. The van der Waals surface area contributed by atoms with Crippen molar-refractivity contribution < 1.29 is 4.79 Å². The van der Waals surface area contributed by atoms with Crippen molar-refractivity contribution in [3.63, 3.8) is 0 Å². The van der Waals surface area contributed by atoms with Gasteiger partial charge in [-0.2, -0.15) is 0 Å². The van der Waals surface area contributed by atoms with Crippen LogP contribution in [0.15, 0.2) is 36.5 Å². The van der Waals surface area contributed by atoms with E-state index in [0.29, 0.717) is 0 Å². The van der Waals surface area contributed by atoms with Gasteiger partial charge < -0.3 is 15.6 Å². The van der Waals surface area contributed by atoms with Gasteiger partial charge in [0.2, 0.25) is 5.91 Å². The van der Waals surface area contributed by atoms with Gasteiger partial charge in [-0.3, -0.25) is 4.79 Å². The number of para-hydroxylation sites is 1. The fourth-order valence-corrected chi connectivity index (χ4v) is 3.20. The number of aromatic nitrogens is 1. The predicted octanol–water partition coefficient (Wildman–Crippen LogP) is 3.12. The monoisotopic (exact) mass is 357 g/mol. The zero-order chi connectivity index (χ0) is 14.7. The average molecular weight is 358 g/mol. The van der Waals surface area contributed by atoms with Crippen molar-refractivity contribution in [1.29, 1.82) is 0 Å². The lowest BCUT2D eigenvalue weighted by Gasteiger charge is -2.11. The van der Waals surface area contributed by atoms with E-state index in [9.17, 15) is 4.79 Å². The largest absolute Gasteiger partial charge is 0.356 e. The van der Waals surface area contributed by atoms with Crippen molar-refractivity contribution in [3.05, 3.63) is 36.5 Å². The highest BCUT2D eigenvalue weighted by Crippen LogP contribution is 2.24. The van der Waals surface area contributed by atoms with Crippen LogP contribution in [0.25, 0.3) is 10.9 Å². The first kappa shape index (κ1) is 19.8. The molecule has 23 heavy (non-hydrogen) atoms. The summed E-state index contributed by atoms with van der Waals surface area (Å²) in [6, 6.07) is 10.7. The van der Waals surface area contributed by atoms with Gasteiger partial charge in [-0.1, -0.05) is 18.2 Å². The van der Waals surface area contributed by atoms with Crippen LogP contribution in [-0.2, 0) is 11.3 Å². The topological polar surface area (TPSA) is 60.1 Å². The number of carbonyl (C=O) groups is 1. The molecule has 1 aromatic heterocycles. The molecule has 1 aromatic carbocycles. The van der Waals surface area contributed by atoms with Crippen molar-refractivity contribution in [3.8, 4) is 0 Å². The van der Waals surface area contributed by atoms with Crippen LogP contribution in [0.1, 0.15) is 25.7 Å². The van der Waals surface area contributed by atoms with Crippen LogP contribution in [0.2, 0.25) is 0 Å². The number of benzene rings is 1. The van der Waals surface area contributed by atoms with Crippen molar-refractivity contribution in [2.75, 3.05) is 6.54 Å². The Hall–Kier alpha value is -1.23. The van der Waals surface area contributed by atoms with Gasteiger partial charge in [0, 0.05) is 36.8 Å². The maximum Gasteiger partial charge on any atom is 0.223 e. The summed E-state index contributed by atoms with van der Waals surface area (Å²) >= 11 is 0. The first-order valence-corrected chi connectivity index (χ1v) is 7.81. The summed E-state index contributed by atoms with van der Waals surface area (Å²) in [5, 5.41) is 4.31. The Morgan fingerprint density at radius 2 is 2.00 bits per heavy atom. The van der Waals surface area contributed by atoms with Crippen LogP contribution < -0.4 is 11.1 Å². The molecule has 2 atom stereocenters. The number of amides is 1. The van der Waals surface area contributed by atoms with Crippen molar-refractivity contribution in [2.24, 2.45) is 11.7 Å². The highest BCUT2D eigenvalue weighted by molar-refractivity contribution is 5.85. The maximum atomic E-state index is 12.0. The van der Waals surface area contributed by atoms with E-state index in [0.717, 1.165) is 38.8 Å². The molecule has 0 bridgehead atoms. The first-order valence-electron chi connectivity index (χ1n) is 7.81. The summed E-state index contributed by atoms with van der Waals surface area (Å²) in [7, 11) is 0. The second-order valence-electron chi connectivity index (χ2n) is 5.98. The van der Waals surface area contributed by atoms with E-state index in [-0.39, 0.29) is 42.7 Å². The number of aryl methyl sites for hydroxylation is 1. The SMILES string of the molecule is Cl.Cl.NC1CCC(C(=O)NCCCn2ccc3ccccc32)C1. The molecule has 0 saturated heterocycles. The Morgan fingerprint density at radius 1 is 1.22 bits per heavy atom. The molecular formula is C17H25Cl2N3O. The minimum Gasteiger partial charge on any atom is -0.356 e. The maximum absolute atomic E-state index is 12.0. The molecule has 0 radical (unpaired) electrons. The van der Waals surface area contributed by atoms with Gasteiger partial charge in [-0.25, -0.2) is 0 Å². The van der Waals surface area contributed by atoms with E-state index in [1.165, 1.54) is 10.9 Å². The Kier molecular flexibility index (Phi) is 7.89. The third-order valence-electron chi connectivity index (χ3n) is 4.40. The molecular weight excluding hydrogens is 333 g/mol. The normalized spacial score (nSPS) is 19.9. The van der Waals surface area contributed by atoms with E-state index >= 15 is 0 Å². The van der Waals surface area contributed by atoms with Crippen molar-refractivity contribution in [2.45, 2.75) is 38.3 Å². The van der Waals surface area contributed by atoms with Crippen LogP contribution in [-0.4, -0.2) is 23.1 Å². The minimum atomic E-state index is 0. The molecule has 0 aliphatic heterocycles. The summed E-state index contributed by atoms with van der Waals surface area (Å²) in [6.07, 6.45) is 5.82. The van der Waals surface area contributed by atoms with Crippen molar-refractivity contribution in [1.82, 2.24) is 9.88 Å². The zero-order valence-electron chi connectivity index (χ0n) is 13.1. The lowest BCUT2D eigenvalue weighted by molar-refractivity contribution is -0.124. The van der Waals surface area contributed by atoms with Crippen molar-refractivity contribution >= 4 is 41.6 Å². The highest BCUT2D eigenvalue weighted by Gasteiger charge is 2.27. The molecule has 1 saturated carbocycles. The van der Waals surface area contributed by atoms with Crippen LogP contribution in [0.5, 0.6) is 0 Å². The summed E-state index contributed by atoms with van der Waals surface area (Å²) in [5.41, 5.74) is 7.11. The summed E-state index contributed by atoms with van der Waals surface area (Å²) in [5.74, 6) is 0.313. The van der Waals surface area contributed by atoms with Crippen LogP contribution in [0.4, 0.5) is 0 Å². The van der Waals surface area contributed by atoms with Gasteiger partial charge >= 0.3 is 0 Å². The quantitative estimate of drug-likeness (QED) is 0.807. The smallest absolute Gasteiger partial charge is 0.223 e. The lowest BCUT2D eigenvalue weighted by atomic mass is 10.1. The summed E-state index contributed by atoms with van der Waals surface area (Å²) in [6.45, 7) is 1.66. The fraction of sp³-hybridized carbons (Fsp3) is 0.471. The molecule has 4 nitrogen and oxygen atoms in total. The number of nitrogens with two attached hydrogens (primary N) is 1. The van der Waals surface area contributed by atoms with E-state index in [1.54, 1.807) is 0 Å². The van der Waals surface area contributed by atoms with E-state index in [2.05, 4.69) is 46.4 Å². The number of nitrogens with one attached hydrogen (secondary N) is 1. The minimum absolute atomic E-state index is 0. The van der Waals surface area contributed by atoms with Gasteiger partial charge in [-0.05, 0) is 43.2 Å². The van der Waals surface area contributed by atoms with Gasteiger partial charge in [0.05, 0.1) is 0 Å². The zero-order valence-corrected chi connectivity index (χ0v) is 14.7. The molecule has 1 aliphatic rings. The van der Waals surface area contributed by atoms with E-state index in [1.807, 2.05) is 0 Å². The number of halogens is 2. The second-order valence-corrected chi connectivity index (χ2v) is 5.98. The van der Waals surface area contributed by atoms with Gasteiger partial charge in [-0.15, -0.1) is 24.8 Å². The Balaban J connectivity index is 0.00000132. The van der Waals surface area contributed by atoms with E-state index < -0.39 is 0 Å². The number of rotatable bonds is 5. The average Bonchev–Trinajstić information content (AvgIpc) is 3.10. The molecule has 128 valence electrons. The predicted molar refractivity (Wildman–Crippen MR) is 99.4 cm³/mol. The fourth-order valence-electron chi connectivity index (χ4n) is 3.20. The molecule has 0 spiro atoms. The number of hydrogen-bond donors (Lipinski definition) is 2. The molecule has 1 fully saturated rings. The molecule has 6 heteroatoms. The van der Waals surface area contributed by atoms with E-state index in [4.69, 9.17) is 5.73 Å². The Morgan fingerprint density at radius 3 is 2.74 bits per heavy atom. The molecule has 3 rings (SSSR count). The molecule has 1 amide bonds. The van der Waals surface area contributed by atoms with Crippen LogP contribution in [0.3, 0.4) is 0 Å². The number of carbonyl (C=O) groups excluding carboxylic acids is 1. The third-order valence-corrected chi connectivity index (χ3v) is 4.40. The van der Waals surface area contributed by atoms with Gasteiger partial charge in [0.25, 0.3) is 0 Å². The molecule has 3 N–H and O–H groups in total. The number of nitrogens with zero attached hydrogens (tertiary/aromatic N) is 1. The molecule has 2 aromatic rings. The van der Waals surface area contributed by atoms with Crippen LogP contribution >= 0.6 is 24.8 Å². The molecule has 1 heterocycles. The van der Waals surface area contributed by atoms with Gasteiger partial charge in [0.1, 0.15) is 0 Å². The highest BCUT2D eigenvalue weighted by atomic mass is 35.5. The lowest BCUT2D eigenvalue weighted by Crippen LogP contribution is -2.31. The Bertz CT molecular complexity index is 629. The molecule has 1 aliphatic carbocycles. The number of fused-ring (bicyclic) bond motifs is 1.